The quantitative estimate of drug-likeness (QED) is 0.189. The summed E-state index contributed by atoms with van der Waals surface area (Å²) in [5, 5.41) is 5.67. The Bertz CT molecular complexity index is 1190. The third-order valence-electron chi connectivity index (χ3n) is 5.85. The average molecular weight is 516 g/mol. The van der Waals surface area contributed by atoms with Crippen LogP contribution < -0.4 is 10.6 Å². The molecule has 0 saturated carbocycles. The number of unbranched alkanes of at least 4 members (excludes halogenated alkanes) is 1. The highest BCUT2D eigenvalue weighted by molar-refractivity contribution is 5.94. The van der Waals surface area contributed by atoms with E-state index < -0.39 is 6.09 Å². The summed E-state index contributed by atoms with van der Waals surface area (Å²) in [5.41, 5.74) is 2.64. The zero-order valence-corrected chi connectivity index (χ0v) is 21.2. The average Bonchev–Trinajstić information content (AvgIpc) is 3.65. The number of alkyl carbamates (subject to hydrolysis) is 1. The highest BCUT2D eigenvalue weighted by Gasteiger charge is 2.12. The molecule has 0 unspecified atom stereocenters. The third-order valence-corrected chi connectivity index (χ3v) is 5.85. The van der Waals surface area contributed by atoms with Gasteiger partial charge in [0.15, 0.2) is 0 Å². The number of hydrogen-bond acceptors (Lipinski definition) is 6. The van der Waals surface area contributed by atoms with Crippen molar-refractivity contribution >= 4 is 12.0 Å². The second kappa shape index (κ2) is 14.3. The highest BCUT2D eigenvalue weighted by Crippen LogP contribution is 2.12. The van der Waals surface area contributed by atoms with E-state index in [4.69, 9.17) is 4.74 Å². The van der Waals surface area contributed by atoms with E-state index >= 15 is 0 Å². The van der Waals surface area contributed by atoms with Crippen molar-refractivity contribution < 1.29 is 14.3 Å². The van der Waals surface area contributed by atoms with E-state index in [0.717, 1.165) is 35.6 Å². The summed E-state index contributed by atoms with van der Waals surface area (Å²) in [6.07, 6.45) is 8.15. The minimum Gasteiger partial charge on any atom is -0.445 e. The molecular weight excluding hydrogens is 482 g/mol. The molecule has 4 rings (SSSR count). The molecule has 0 radical (unpaired) electrons. The van der Waals surface area contributed by atoms with Crippen LogP contribution in [0.25, 0.3) is 0 Å². The lowest BCUT2D eigenvalue weighted by atomic mass is 10.1. The minimum atomic E-state index is -0.440. The second-order valence-electron chi connectivity index (χ2n) is 8.87. The molecule has 0 atom stereocenters. The lowest BCUT2D eigenvalue weighted by Gasteiger charge is -2.20. The van der Waals surface area contributed by atoms with Crippen molar-refractivity contribution in [3.05, 3.63) is 108 Å². The number of aromatic nitrogens is 4. The Kier molecular flexibility index (Phi) is 10.0. The summed E-state index contributed by atoms with van der Waals surface area (Å²) in [7, 11) is 0. The molecule has 0 aliphatic rings. The van der Waals surface area contributed by atoms with Crippen molar-refractivity contribution in [1.82, 2.24) is 35.5 Å². The Morgan fingerprint density at radius 3 is 2.00 bits per heavy atom. The molecule has 2 aromatic carbocycles. The molecule has 10 nitrogen and oxygen atoms in total. The normalized spacial score (nSPS) is 10.9. The van der Waals surface area contributed by atoms with Gasteiger partial charge in [0.2, 0.25) is 0 Å². The van der Waals surface area contributed by atoms with Gasteiger partial charge in [0, 0.05) is 50.0 Å². The number of nitrogens with zero attached hydrogens (tertiary/aromatic N) is 3. The maximum Gasteiger partial charge on any atom is 0.407 e. The van der Waals surface area contributed by atoms with Gasteiger partial charge in [-0.1, -0.05) is 42.5 Å². The second-order valence-corrected chi connectivity index (χ2v) is 8.87. The Morgan fingerprint density at radius 1 is 0.763 bits per heavy atom. The Balaban J connectivity index is 1.14. The molecule has 38 heavy (non-hydrogen) atoms. The summed E-state index contributed by atoms with van der Waals surface area (Å²) >= 11 is 0. The maximum absolute atomic E-state index is 12.5. The van der Waals surface area contributed by atoms with Crippen molar-refractivity contribution in [1.29, 1.82) is 0 Å². The number of benzene rings is 2. The largest absolute Gasteiger partial charge is 0.445 e. The molecule has 2 heterocycles. The van der Waals surface area contributed by atoms with Gasteiger partial charge in [-0.15, -0.1) is 0 Å². The van der Waals surface area contributed by atoms with E-state index in [2.05, 4.69) is 35.5 Å². The van der Waals surface area contributed by atoms with Crippen LogP contribution in [0.1, 0.15) is 46.0 Å². The molecule has 0 spiro atoms. The van der Waals surface area contributed by atoms with E-state index in [1.807, 2.05) is 67.0 Å². The van der Waals surface area contributed by atoms with Gasteiger partial charge in [0.05, 0.1) is 13.1 Å². The molecule has 2 amide bonds. The van der Waals surface area contributed by atoms with Crippen LogP contribution in [0.2, 0.25) is 0 Å². The number of carbonyl (C=O) groups excluding carboxylic acids is 2. The predicted octanol–water partition coefficient (Wildman–Crippen LogP) is 3.77. The van der Waals surface area contributed by atoms with Gasteiger partial charge in [-0.3, -0.25) is 9.69 Å². The zero-order chi connectivity index (χ0) is 26.4. The number of hydrogen-bond donors (Lipinski definition) is 4. The van der Waals surface area contributed by atoms with Crippen molar-refractivity contribution in [3.63, 3.8) is 0 Å². The van der Waals surface area contributed by atoms with Gasteiger partial charge >= 0.3 is 6.09 Å². The molecule has 0 fully saturated rings. The first-order valence-electron chi connectivity index (χ1n) is 12.7. The van der Waals surface area contributed by atoms with Crippen LogP contribution in [0.5, 0.6) is 0 Å². The Labute approximate surface area is 221 Å². The predicted molar refractivity (Wildman–Crippen MR) is 143 cm³/mol. The minimum absolute atomic E-state index is 0.116. The number of imidazole rings is 2. The van der Waals surface area contributed by atoms with Crippen LogP contribution in [0, 0.1) is 0 Å². The number of aromatic amines is 2. The number of H-pyrrole nitrogens is 2. The number of rotatable bonds is 14. The van der Waals surface area contributed by atoms with Crippen LogP contribution in [0.15, 0.2) is 79.4 Å². The first kappa shape index (κ1) is 26.6. The van der Waals surface area contributed by atoms with E-state index in [-0.39, 0.29) is 12.5 Å². The molecule has 4 aromatic rings. The van der Waals surface area contributed by atoms with Crippen LogP contribution in [-0.4, -0.2) is 49.9 Å². The van der Waals surface area contributed by atoms with Gasteiger partial charge < -0.3 is 25.3 Å². The first-order chi connectivity index (χ1) is 18.7. The molecule has 0 bridgehead atoms. The first-order valence-corrected chi connectivity index (χ1v) is 12.7. The van der Waals surface area contributed by atoms with Crippen LogP contribution in [0.4, 0.5) is 4.79 Å². The number of carbonyl (C=O) groups is 2. The van der Waals surface area contributed by atoms with E-state index in [1.165, 1.54) is 0 Å². The fourth-order valence-electron chi connectivity index (χ4n) is 3.90. The van der Waals surface area contributed by atoms with Crippen molar-refractivity contribution in [3.8, 4) is 0 Å². The van der Waals surface area contributed by atoms with Gasteiger partial charge in [-0.2, -0.15) is 0 Å². The van der Waals surface area contributed by atoms with Gasteiger partial charge in [0.1, 0.15) is 18.3 Å². The number of amides is 2. The Hall–Kier alpha value is -4.44. The molecule has 198 valence electrons. The molecule has 4 N–H and O–H groups in total. The highest BCUT2D eigenvalue weighted by atomic mass is 16.5. The smallest absolute Gasteiger partial charge is 0.407 e. The molecule has 0 saturated heterocycles. The molecule has 2 aromatic heterocycles. The summed E-state index contributed by atoms with van der Waals surface area (Å²) < 4.78 is 5.18. The monoisotopic (exact) mass is 515 g/mol. The Morgan fingerprint density at radius 2 is 1.39 bits per heavy atom. The summed E-state index contributed by atoms with van der Waals surface area (Å²) in [4.78, 5) is 41.5. The standard InChI is InChI=1S/C28H33N7O3/c36-27(33-12-4-5-13-34-28(37)38-21-23-6-2-1-3-7-23)24-10-8-22(9-11-24)18-35(19-25-29-14-15-30-25)20-26-31-16-17-32-26/h1-3,6-11,14-17H,4-5,12-13,18-21H2,(H,29,30)(H,31,32)(H,33,36)(H,34,37). The molecule has 0 aliphatic heterocycles. The molecule has 0 aliphatic carbocycles. The number of nitrogens with one attached hydrogen (secondary N) is 4. The summed E-state index contributed by atoms with van der Waals surface area (Å²) in [6.45, 7) is 3.24. The molecular formula is C28H33N7O3. The van der Waals surface area contributed by atoms with E-state index in [9.17, 15) is 9.59 Å². The summed E-state index contributed by atoms with van der Waals surface area (Å²) in [6, 6.07) is 17.2. The van der Waals surface area contributed by atoms with Gasteiger partial charge in [0.25, 0.3) is 5.91 Å². The lowest BCUT2D eigenvalue weighted by Crippen LogP contribution is -2.27. The van der Waals surface area contributed by atoms with Gasteiger partial charge in [-0.25, -0.2) is 14.8 Å². The number of ether oxygens (including phenoxy) is 1. The van der Waals surface area contributed by atoms with Crippen LogP contribution in [0.3, 0.4) is 0 Å². The zero-order valence-electron chi connectivity index (χ0n) is 21.2. The van der Waals surface area contributed by atoms with Crippen molar-refractivity contribution in [2.24, 2.45) is 0 Å². The van der Waals surface area contributed by atoms with Crippen molar-refractivity contribution in [2.45, 2.75) is 39.1 Å². The van der Waals surface area contributed by atoms with Crippen molar-refractivity contribution in [2.75, 3.05) is 13.1 Å². The van der Waals surface area contributed by atoms with E-state index in [1.54, 1.807) is 12.4 Å². The third kappa shape index (κ3) is 8.90. The maximum atomic E-state index is 12.5. The van der Waals surface area contributed by atoms with E-state index in [0.29, 0.717) is 38.3 Å². The summed E-state index contributed by atoms with van der Waals surface area (Å²) in [5.74, 6) is 1.65. The fraction of sp³-hybridized carbons (Fsp3) is 0.286. The van der Waals surface area contributed by atoms with Gasteiger partial charge in [-0.05, 0) is 36.1 Å². The van der Waals surface area contributed by atoms with Crippen LogP contribution >= 0.6 is 0 Å². The lowest BCUT2D eigenvalue weighted by molar-refractivity contribution is 0.0952. The SMILES string of the molecule is O=C(NCCCCNC(=O)c1ccc(CN(Cc2ncc[nH]2)Cc2ncc[nH]2)cc1)OCc1ccccc1. The fourth-order valence-corrected chi connectivity index (χ4v) is 3.90. The molecule has 10 heteroatoms. The topological polar surface area (TPSA) is 128 Å². The van der Waals surface area contributed by atoms with Crippen LogP contribution in [-0.2, 0) is 31.0 Å².